The predicted molar refractivity (Wildman–Crippen MR) is 391 cm³/mol. The number of allylic oxidation sites excluding steroid dienone is 4. The number of rotatable bonds is 75. The number of hydrogen-bond acceptors (Lipinski definition) is 15. The summed E-state index contributed by atoms with van der Waals surface area (Å²) < 4.78 is 68.5. The van der Waals surface area contributed by atoms with Gasteiger partial charge in [-0.15, -0.1) is 0 Å². The number of hydrogen-bond donors (Lipinski definition) is 3. The maximum absolute atomic E-state index is 13.1. The van der Waals surface area contributed by atoms with Crippen molar-refractivity contribution in [2.24, 2.45) is 5.92 Å². The van der Waals surface area contributed by atoms with Crippen molar-refractivity contribution >= 4 is 39.5 Å². The van der Waals surface area contributed by atoms with Crippen LogP contribution in [-0.4, -0.2) is 96.7 Å². The Morgan fingerprint density at radius 3 is 0.854 bits per heavy atom. The number of phosphoric acid groups is 2. The molecule has 0 heterocycles. The predicted octanol–water partition coefficient (Wildman–Crippen LogP) is 22.4. The Bertz CT molecular complexity index is 1930. The van der Waals surface area contributed by atoms with E-state index in [2.05, 4.69) is 58.9 Å². The molecule has 0 fully saturated rings. The molecule has 0 saturated heterocycles. The van der Waals surface area contributed by atoms with Crippen molar-refractivity contribution in [2.45, 2.75) is 400 Å². The summed E-state index contributed by atoms with van der Waals surface area (Å²) in [5, 5.41) is 10.6. The first-order chi connectivity index (χ1) is 46.5. The lowest BCUT2D eigenvalue weighted by Gasteiger charge is -2.21. The van der Waals surface area contributed by atoms with Gasteiger partial charge in [0.25, 0.3) is 0 Å². The number of phosphoric ester groups is 2. The van der Waals surface area contributed by atoms with Crippen LogP contribution in [0, 0.1) is 5.92 Å². The van der Waals surface area contributed by atoms with Crippen LogP contribution in [0.25, 0.3) is 0 Å². The third-order valence-electron chi connectivity index (χ3n) is 17.4. The molecular formula is C77H146O17P2. The van der Waals surface area contributed by atoms with Crippen LogP contribution in [0.3, 0.4) is 0 Å². The molecule has 0 amide bonds. The number of aliphatic hydroxyl groups is 1. The van der Waals surface area contributed by atoms with E-state index in [1.54, 1.807) is 0 Å². The molecule has 5 atom stereocenters. The monoisotopic (exact) mass is 1410 g/mol. The molecule has 2 unspecified atom stereocenters. The fourth-order valence-electron chi connectivity index (χ4n) is 11.3. The molecular weight excluding hydrogens is 1260 g/mol. The van der Waals surface area contributed by atoms with Crippen LogP contribution >= 0.6 is 15.6 Å². The van der Waals surface area contributed by atoms with Crippen molar-refractivity contribution in [1.82, 2.24) is 0 Å². The lowest BCUT2D eigenvalue weighted by Crippen LogP contribution is -2.30. The molecule has 0 spiro atoms. The summed E-state index contributed by atoms with van der Waals surface area (Å²) in [5.74, 6) is -1.40. The summed E-state index contributed by atoms with van der Waals surface area (Å²) in [6.45, 7) is 7.22. The lowest BCUT2D eigenvalue weighted by atomic mass is 10.0. The van der Waals surface area contributed by atoms with E-state index in [-0.39, 0.29) is 25.7 Å². The van der Waals surface area contributed by atoms with Gasteiger partial charge in [-0.2, -0.15) is 0 Å². The summed E-state index contributed by atoms with van der Waals surface area (Å²) >= 11 is 0. The third kappa shape index (κ3) is 70.0. The second-order valence-corrected chi connectivity index (χ2v) is 30.4. The van der Waals surface area contributed by atoms with E-state index in [0.29, 0.717) is 25.7 Å². The largest absolute Gasteiger partial charge is 0.472 e. The van der Waals surface area contributed by atoms with Gasteiger partial charge >= 0.3 is 39.5 Å². The van der Waals surface area contributed by atoms with E-state index in [1.807, 2.05) is 0 Å². The van der Waals surface area contributed by atoms with Gasteiger partial charge in [-0.1, -0.05) is 329 Å². The van der Waals surface area contributed by atoms with Gasteiger partial charge in [-0.3, -0.25) is 37.3 Å². The Morgan fingerprint density at radius 1 is 0.323 bits per heavy atom. The van der Waals surface area contributed by atoms with Crippen molar-refractivity contribution in [3.05, 3.63) is 24.3 Å². The highest BCUT2D eigenvalue weighted by molar-refractivity contribution is 7.47. The average Bonchev–Trinajstić information content (AvgIpc) is 1.21. The molecule has 0 aromatic rings. The van der Waals surface area contributed by atoms with Crippen LogP contribution in [0.4, 0.5) is 0 Å². The van der Waals surface area contributed by atoms with E-state index in [0.717, 1.165) is 115 Å². The first-order valence-electron chi connectivity index (χ1n) is 39.5. The van der Waals surface area contributed by atoms with Crippen molar-refractivity contribution in [3.8, 4) is 0 Å². The molecule has 0 aromatic heterocycles. The highest BCUT2D eigenvalue weighted by atomic mass is 31.2. The minimum absolute atomic E-state index is 0.102. The molecule has 0 bridgehead atoms. The Kier molecular flexibility index (Phi) is 67.8. The van der Waals surface area contributed by atoms with Gasteiger partial charge in [0.15, 0.2) is 12.2 Å². The zero-order chi connectivity index (χ0) is 70.5. The number of carbonyl (C=O) groups is 4. The van der Waals surface area contributed by atoms with Gasteiger partial charge in [0.1, 0.15) is 19.3 Å². The van der Waals surface area contributed by atoms with E-state index >= 15 is 0 Å². The standard InChI is InChI=1S/C77H146O17P2/c1-6-9-12-15-18-21-24-27-29-31-34-37-42-48-53-58-63-77(82)93-72(66-87-74(79)60-55-50-45-40-35-33-30-28-25-22-19-16-13-10-7-2)68-91-95(83,84)89-64-71(78)65-90-96(85,86)92-69-73(67-88-75(80)61-56-51-46-43-38-39-44-49-54-59-70(4)5)94-76(81)62-57-52-47-41-36-32-26-23-20-17-14-11-8-3/h22,25,28,30,70-73,78H,6-21,23-24,26-27,29,31-69H2,1-5H3,(H,83,84)(H,85,86)/b25-22-,30-28-/t71-,72-,73-/m1/s1. The van der Waals surface area contributed by atoms with Gasteiger partial charge in [-0.05, 0) is 57.3 Å². The minimum Gasteiger partial charge on any atom is -0.462 e. The van der Waals surface area contributed by atoms with Crippen molar-refractivity contribution in [1.29, 1.82) is 0 Å². The minimum atomic E-state index is -4.96. The maximum atomic E-state index is 13.1. The molecule has 0 saturated carbocycles. The molecule has 19 heteroatoms. The molecule has 566 valence electrons. The Balaban J connectivity index is 5.30. The second-order valence-electron chi connectivity index (χ2n) is 27.5. The van der Waals surface area contributed by atoms with Crippen LogP contribution in [0.1, 0.15) is 381 Å². The molecule has 0 aromatic carbocycles. The molecule has 0 aliphatic heterocycles. The molecule has 17 nitrogen and oxygen atoms in total. The number of esters is 4. The summed E-state index contributed by atoms with van der Waals surface area (Å²) in [5.41, 5.74) is 0. The summed E-state index contributed by atoms with van der Waals surface area (Å²) in [6, 6.07) is 0. The molecule has 96 heavy (non-hydrogen) atoms. The zero-order valence-corrected chi connectivity index (χ0v) is 63.8. The van der Waals surface area contributed by atoms with Crippen LogP contribution in [-0.2, 0) is 65.4 Å². The van der Waals surface area contributed by atoms with Crippen LogP contribution in [0.2, 0.25) is 0 Å². The average molecular weight is 1410 g/mol. The molecule has 3 N–H and O–H groups in total. The highest BCUT2D eigenvalue weighted by Gasteiger charge is 2.30. The third-order valence-corrected chi connectivity index (χ3v) is 19.3. The molecule has 0 aliphatic rings. The SMILES string of the molecule is CCCCCC/C=C\C=C/CCCCCCCC(=O)OC[C@H](COP(=O)(O)OC[C@@H](O)COP(=O)(O)OC[C@@H](COC(=O)CCCCCCCCCCCC(C)C)OC(=O)CCCCCCCCCCCCCCC)OC(=O)CCCCCCCCCCCCCCCCCC. The van der Waals surface area contributed by atoms with E-state index in [9.17, 15) is 43.2 Å². The maximum Gasteiger partial charge on any atom is 0.472 e. The summed E-state index contributed by atoms with van der Waals surface area (Å²) in [7, 11) is -9.92. The first kappa shape index (κ1) is 93.5. The van der Waals surface area contributed by atoms with Crippen LogP contribution < -0.4 is 0 Å². The zero-order valence-electron chi connectivity index (χ0n) is 62.0. The molecule has 0 radical (unpaired) electrons. The quantitative estimate of drug-likeness (QED) is 0.0169. The molecule has 0 rings (SSSR count). The Hall–Kier alpha value is -2.46. The highest BCUT2D eigenvalue weighted by Crippen LogP contribution is 2.45. The Labute approximate surface area is 586 Å². The number of unbranched alkanes of at least 4 members (excludes halogenated alkanes) is 44. The van der Waals surface area contributed by atoms with E-state index < -0.39 is 97.5 Å². The normalized spacial score (nSPS) is 14.1. The fraction of sp³-hybridized carbons (Fsp3) is 0.896. The number of aliphatic hydroxyl groups excluding tert-OH is 1. The van der Waals surface area contributed by atoms with Gasteiger partial charge in [0, 0.05) is 25.7 Å². The summed E-state index contributed by atoms with van der Waals surface area (Å²) in [6.07, 6.45) is 61.7. The lowest BCUT2D eigenvalue weighted by molar-refractivity contribution is -0.161. The van der Waals surface area contributed by atoms with E-state index in [1.165, 1.54) is 186 Å². The molecule has 0 aliphatic carbocycles. The smallest absolute Gasteiger partial charge is 0.462 e. The van der Waals surface area contributed by atoms with Gasteiger partial charge < -0.3 is 33.8 Å². The van der Waals surface area contributed by atoms with Crippen molar-refractivity contribution in [2.75, 3.05) is 39.6 Å². The van der Waals surface area contributed by atoms with Gasteiger partial charge in [0.2, 0.25) is 0 Å². The van der Waals surface area contributed by atoms with E-state index in [4.69, 9.17) is 37.0 Å². The van der Waals surface area contributed by atoms with Crippen molar-refractivity contribution < 1.29 is 80.2 Å². The fourth-order valence-corrected chi connectivity index (χ4v) is 12.9. The van der Waals surface area contributed by atoms with Gasteiger partial charge in [-0.25, -0.2) is 9.13 Å². The topological polar surface area (TPSA) is 237 Å². The second kappa shape index (κ2) is 69.6. The van der Waals surface area contributed by atoms with Crippen LogP contribution in [0.5, 0.6) is 0 Å². The van der Waals surface area contributed by atoms with Gasteiger partial charge in [0.05, 0.1) is 26.4 Å². The van der Waals surface area contributed by atoms with Crippen molar-refractivity contribution in [3.63, 3.8) is 0 Å². The summed E-state index contributed by atoms with van der Waals surface area (Å²) in [4.78, 5) is 72.9. The first-order valence-corrected chi connectivity index (χ1v) is 42.4. The Morgan fingerprint density at radius 2 is 0.562 bits per heavy atom. The number of ether oxygens (including phenoxy) is 4. The van der Waals surface area contributed by atoms with Crippen LogP contribution in [0.15, 0.2) is 24.3 Å². The number of carbonyl (C=O) groups excluding carboxylic acids is 4.